The van der Waals surface area contributed by atoms with Gasteiger partial charge in [0.05, 0.1) is 0 Å². The number of hydrogen-bond donors (Lipinski definition) is 5. The summed E-state index contributed by atoms with van der Waals surface area (Å²) in [7, 11) is 0. The molecule has 3 rings (SSSR count). The van der Waals surface area contributed by atoms with Gasteiger partial charge < -0.3 is 26.3 Å². The van der Waals surface area contributed by atoms with Crippen molar-refractivity contribution in [3.8, 4) is 0 Å². The van der Waals surface area contributed by atoms with Gasteiger partial charge in [0.1, 0.15) is 23.9 Å². The molecule has 41 heavy (non-hydrogen) atoms. The monoisotopic (exact) mass is 585 g/mol. The SMILES string of the molecule is CCC(=O)CCCSC[C@@H]1NC(=O)[C@H](C)NC(=O)C[C@H](CC(C)C)NC(=O)[C@H](Cc2c[nH]c3ccccc23)NC1=O. The molecule has 0 bridgehead atoms. The number of ketones is 1. The number of aromatic nitrogens is 1. The molecule has 0 aliphatic carbocycles. The van der Waals surface area contributed by atoms with E-state index in [2.05, 4.69) is 26.3 Å². The van der Waals surface area contributed by atoms with Gasteiger partial charge >= 0.3 is 0 Å². The van der Waals surface area contributed by atoms with Crippen LogP contribution in [0.15, 0.2) is 30.5 Å². The summed E-state index contributed by atoms with van der Waals surface area (Å²) in [6, 6.07) is 4.55. The number of H-pyrrole nitrogens is 1. The van der Waals surface area contributed by atoms with Gasteiger partial charge in [0.2, 0.25) is 23.6 Å². The van der Waals surface area contributed by atoms with Crippen molar-refractivity contribution in [1.29, 1.82) is 0 Å². The van der Waals surface area contributed by atoms with Crippen LogP contribution < -0.4 is 21.3 Å². The topological polar surface area (TPSA) is 149 Å². The van der Waals surface area contributed by atoms with E-state index in [1.165, 1.54) is 11.8 Å². The summed E-state index contributed by atoms with van der Waals surface area (Å²) in [6.45, 7) is 7.41. The Morgan fingerprint density at radius 2 is 1.68 bits per heavy atom. The molecule has 0 saturated carbocycles. The van der Waals surface area contributed by atoms with E-state index < -0.39 is 36.0 Å². The molecule has 2 heterocycles. The molecule has 0 radical (unpaired) electrons. The average Bonchev–Trinajstić information content (AvgIpc) is 3.33. The molecule has 1 aromatic heterocycles. The van der Waals surface area contributed by atoms with E-state index in [-0.39, 0.29) is 42.1 Å². The van der Waals surface area contributed by atoms with Crippen molar-refractivity contribution < 1.29 is 24.0 Å². The lowest BCUT2D eigenvalue weighted by molar-refractivity contribution is -0.132. The molecule has 1 aromatic carbocycles. The van der Waals surface area contributed by atoms with Crippen molar-refractivity contribution in [1.82, 2.24) is 26.3 Å². The molecule has 5 N–H and O–H groups in total. The molecule has 1 saturated heterocycles. The molecule has 1 aliphatic rings. The highest BCUT2D eigenvalue weighted by molar-refractivity contribution is 7.99. The lowest BCUT2D eigenvalue weighted by atomic mass is 9.99. The Balaban J connectivity index is 1.86. The van der Waals surface area contributed by atoms with Crippen LogP contribution in [0.3, 0.4) is 0 Å². The van der Waals surface area contributed by atoms with E-state index in [0.29, 0.717) is 31.4 Å². The van der Waals surface area contributed by atoms with Gasteiger partial charge in [0.15, 0.2) is 0 Å². The van der Waals surface area contributed by atoms with E-state index in [1.54, 1.807) is 6.92 Å². The normalized spacial score (nSPS) is 22.7. The van der Waals surface area contributed by atoms with Crippen LogP contribution in [0.25, 0.3) is 10.9 Å². The molecule has 224 valence electrons. The maximum absolute atomic E-state index is 13.7. The van der Waals surface area contributed by atoms with Crippen LogP contribution in [0.2, 0.25) is 0 Å². The number of nitrogens with one attached hydrogen (secondary N) is 5. The van der Waals surface area contributed by atoms with Crippen molar-refractivity contribution >= 4 is 52.1 Å². The summed E-state index contributed by atoms with van der Waals surface area (Å²) in [4.78, 5) is 67.9. The van der Waals surface area contributed by atoms with Gasteiger partial charge in [-0.15, -0.1) is 0 Å². The molecule has 10 nitrogen and oxygen atoms in total. The van der Waals surface area contributed by atoms with Crippen LogP contribution in [0.1, 0.15) is 65.4 Å². The molecule has 1 fully saturated rings. The Bertz CT molecular complexity index is 1230. The van der Waals surface area contributed by atoms with Crippen LogP contribution in [0.4, 0.5) is 0 Å². The minimum Gasteiger partial charge on any atom is -0.361 e. The van der Waals surface area contributed by atoms with Gasteiger partial charge in [0, 0.05) is 54.6 Å². The molecule has 0 spiro atoms. The standard InChI is InChI=1S/C30H43N5O5S/c1-5-22(36)9-8-12-41-17-26-30(40)34-25(14-20-16-31-24-11-7-6-10-23(20)24)29(39)33-21(13-18(2)3)15-27(37)32-19(4)28(38)35-26/h6-7,10-11,16,18-19,21,25-26,31H,5,8-9,12-15,17H2,1-4H3,(H,32,37)(H,33,39)(H,34,40)(H,35,38)/t19-,21-,25-,26-/m0/s1. The molecular weight excluding hydrogens is 542 g/mol. The smallest absolute Gasteiger partial charge is 0.244 e. The minimum absolute atomic E-state index is 0.0189. The number of para-hydroxylation sites is 1. The number of carbonyl (C=O) groups is 5. The Morgan fingerprint density at radius 1 is 0.976 bits per heavy atom. The molecule has 2 aromatic rings. The second kappa shape index (κ2) is 15.6. The number of rotatable bonds is 11. The van der Waals surface area contributed by atoms with Gasteiger partial charge in [0.25, 0.3) is 0 Å². The molecular formula is C30H43N5O5S. The second-order valence-corrected chi connectivity index (χ2v) is 12.2. The highest BCUT2D eigenvalue weighted by atomic mass is 32.2. The third-order valence-corrected chi connectivity index (χ3v) is 8.24. The third kappa shape index (κ3) is 9.91. The summed E-state index contributed by atoms with van der Waals surface area (Å²) in [6.07, 6.45) is 4.28. The summed E-state index contributed by atoms with van der Waals surface area (Å²) in [5, 5.41) is 12.3. The minimum atomic E-state index is -0.931. The fraction of sp³-hybridized carbons (Fsp3) is 0.567. The zero-order valence-corrected chi connectivity index (χ0v) is 25.2. The van der Waals surface area contributed by atoms with Gasteiger partial charge in [-0.25, -0.2) is 0 Å². The highest BCUT2D eigenvalue weighted by Crippen LogP contribution is 2.20. The number of carbonyl (C=O) groups excluding carboxylic acids is 5. The second-order valence-electron chi connectivity index (χ2n) is 11.1. The molecule has 1 aliphatic heterocycles. The Morgan fingerprint density at radius 3 is 2.41 bits per heavy atom. The fourth-order valence-electron chi connectivity index (χ4n) is 4.88. The number of aromatic amines is 1. The van der Waals surface area contributed by atoms with Crippen LogP contribution >= 0.6 is 11.8 Å². The van der Waals surface area contributed by atoms with Gasteiger partial charge in [-0.3, -0.25) is 24.0 Å². The van der Waals surface area contributed by atoms with Crippen molar-refractivity contribution in [2.75, 3.05) is 11.5 Å². The summed E-state index contributed by atoms with van der Waals surface area (Å²) in [5.74, 6) is -0.391. The average molecular weight is 586 g/mol. The zero-order chi connectivity index (χ0) is 29.9. The quantitative estimate of drug-likeness (QED) is 0.256. The first-order chi connectivity index (χ1) is 19.6. The maximum Gasteiger partial charge on any atom is 0.244 e. The van der Waals surface area contributed by atoms with Crippen molar-refractivity contribution in [3.63, 3.8) is 0 Å². The predicted molar refractivity (Wildman–Crippen MR) is 161 cm³/mol. The zero-order valence-electron chi connectivity index (χ0n) is 24.4. The summed E-state index contributed by atoms with van der Waals surface area (Å²) < 4.78 is 0. The van der Waals surface area contributed by atoms with Crippen LogP contribution in [0.5, 0.6) is 0 Å². The molecule has 11 heteroatoms. The third-order valence-electron chi connectivity index (χ3n) is 7.09. The largest absolute Gasteiger partial charge is 0.361 e. The van der Waals surface area contributed by atoms with Crippen molar-refractivity contribution in [2.45, 2.75) is 90.4 Å². The Hall–Kier alpha value is -3.34. The Labute approximate surface area is 245 Å². The predicted octanol–water partition coefficient (Wildman–Crippen LogP) is 2.61. The van der Waals surface area contributed by atoms with E-state index in [1.807, 2.05) is 51.2 Å². The van der Waals surface area contributed by atoms with E-state index in [4.69, 9.17) is 0 Å². The lowest BCUT2D eigenvalue weighted by Gasteiger charge is -2.25. The van der Waals surface area contributed by atoms with E-state index in [0.717, 1.165) is 16.5 Å². The number of Topliss-reactive ketones (excluding diaryl/α,β-unsaturated/α-hetero) is 1. The van der Waals surface area contributed by atoms with E-state index >= 15 is 0 Å². The number of amides is 4. The molecule has 4 amide bonds. The first kappa shape index (κ1) is 32.2. The van der Waals surface area contributed by atoms with Crippen LogP contribution in [-0.2, 0) is 30.4 Å². The summed E-state index contributed by atoms with van der Waals surface area (Å²) >= 11 is 1.46. The number of benzene rings is 1. The van der Waals surface area contributed by atoms with Gasteiger partial charge in [-0.2, -0.15) is 11.8 Å². The molecule has 4 atom stereocenters. The van der Waals surface area contributed by atoms with Gasteiger partial charge in [-0.05, 0) is 43.1 Å². The number of thioether (sulfide) groups is 1. The maximum atomic E-state index is 13.7. The fourth-order valence-corrected chi connectivity index (χ4v) is 5.87. The Kier molecular flexibility index (Phi) is 12.2. The highest BCUT2D eigenvalue weighted by Gasteiger charge is 2.31. The van der Waals surface area contributed by atoms with Crippen LogP contribution in [-0.4, -0.2) is 70.1 Å². The first-order valence-electron chi connectivity index (χ1n) is 14.4. The van der Waals surface area contributed by atoms with E-state index in [9.17, 15) is 24.0 Å². The van der Waals surface area contributed by atoms with Crippen molar-refractivity contribution in [3.05, 3.63) is 36.0 Å². The number of fused-ring (bicyclic) bond motifs is 1. The summed E-state index contributed by atoms with van der Waals surface area (Å²) in [5.41, 5.74) is 1.79. The van der Waals surface area contributed by atoms with Crippen molar-refractivity contribution in [2.24, 2.45) is 5.92 Å². The number of hydrogen-bond acceptors (Lipinski definition) is 6. The van der Waals surface area contributed by atoms with Gasteiger partial charge in [-0.1, -0.05) is 39.0 Å². The van der Waals surface area contributed by atoms with Crippen LogP contribution in [0, 0.1) is 5.92 Å². The molecule has 0 unspecified atom stereocenters. The first-order valence-corrected chi connectivity index (χ1v) is 15.6. The lowest BCUT2D eigenvalue weighted by Crippen LogP contribution is -2.57.